The van der Waals surface area contributed by atoms with Crippen molar-refractivity contribution in [1.82, 2.24) is 14.8 Å². The van der Waals surface area contributed by atoms with Crippen molar-refractivity contribution in [3.05, 3.63) is 80.6 Å². The molecule has 1 amide bonds. The topological polar surface area (TPSA) is 95.1 Å². The number of pyridine rings is 1. The van der Waals surface area contributed by atoms with Gasteiger partial charge in [-0.15, -0.1) is 0 Å². The first-order valence-electron chi connectivity index (χ1n) is 11.2. The normalized spacial score (nSPS) is 14.4. The fourth-order valence-corrected chi connectivity index (χ4v) is 4.06. The predicted octanol–water partition coefficient (Wildman–Crippen LogP) is 2.62. The molecule has 9 heteroatoms. The van der Waals surface area contributed by atoms with E-state index in [1.807, 2.05) is 30.3 Å². The van der Waals surface area contributed by atoms with Gasteiger partial charge in [0.2, 0.25) is 5.43 Å². The highest BCUT2D eigenvalue weighted by molar-refractivity contribution is 6.30. The number of carbonyl (C=O) groups is 1. The summed E-state index contributed by atoms with van der Waals surface area (Å²) in [6.45, 7) is 3.92. The van der Waals surface area contributed by atoms with E-state index in [1.165, 1.54) is 11.1 Å². The average Bonchev–Trinajstić information content (AvgIpc) is 2.85. The van der Waals surface area contributed by atoms with Gasteiger partial charge in [-0.1, -0.05) is 29.8 Å². The minimum absolute atomic E-state index is 0.0394. The van der Waals surface area contributed by atoms with E-state index in [-0.39, 0.29) is 37.5 Å². The third-order valence-electron chi connectivity index (χ3n) is 5.74. The molecule has 2 heterocycles. The Labute approximate surface area is 202 Å². The molecular formula is C25H28ClN3O5. The molecule has 0 aliphatic carbocycles. The number of ether oxygens (including phenoxy) is 2. The highest BCUT2D eigenvalue weighted by Gasteiger charge is 2.21. The van der Waals surface area contributed by atoms with Gasteiger partial charge in [0.05, 0.1) is 26.4 Å². The first kappa shape index (κ1) is 24.4. The van der Waals surface area contributed by atoms with Gasteiger partial charge >= 0.3 is 0 Å². The van der Waals surface area contributed by atoms with Gasteiger partial charge in [0.1, 0.15) is 12.3 Å². The molecule has 2 aromatic carbocycles. The molecule has 0 spiro atoms. The van der Waals surface area contributed by atoms with Crippen molar-refractivity contribution in [3.63, 3.8) is 0 Å². The first-order valence-corrected chi connectivity index (χ1v) is 11.6. The van der Waals surface area contributed by atoms with E-state index in [0.717, 1.165) is 24.2 Å². The van der Waals surface area contributed by atoms with Gasteiger partial charge in [0, 0.05) is 48.3 Å². The van der Waals surface area contributed by atoms with Crippen LogP contribution < -0.4 is 5.43 Å². The van der Waals surface area contributed by atoms with Crippen LogP contribution in [0.4, 0.5) is 0 Å². The number of aromatic amines is 1. The van der Waals surface area contributed by atoms with E-state index >= 15 is 0 Å². The molecule has 0 saturated carbocycles. The lowest BCUT2D eigenvalue weighted by atomic mass is 10.1. The standard InChI is InChI=1S/C25H28ClN3O5/c26-20-4-1-18(2-5-20)16-29(17-34-12-9-30)25(32)22-14-27-23-6-3-19(13-21(23)24(22)31)15-28-7-10-33-11-8-28/h1-6,13-14,30H,7-12,15-17H2,(H,27,31). The van der Waals surface area contributed by atoms with Gasteiger partial charge in [-0.2, -0.15) is 0 Å². The molecule has 3 aromatic rings. The van der Waals surface area contributed by atoms with Crippen LogP contribution in [0.25, 0.3) is 10.9 Å². The van der Waals surface area contributed by atoms with Gasteiger partial charge in [0.25, 0.3) is 5.91 Å². The Morgan fingerprint density at radius 3 is 2.62 bits per heavy atom. The fraction of sp³-hybridized carbons (Fsp3) is 0.360. The molecule has 180 valence electrons. The highest BCUT2D eigenvalue weighted by Crippen LogP contribution is 2.16. The van der Waals surface area contributed by atoms with Crippen LogP contribution in [0.1, 0.15) is 21.5 Å². The van der Waals surface area contributed by atoms with Crippen LogP contribution >= 0.6 is 11.6 Å². The van der Waals surface area contributed by atoms with E-state index < -0.39 is 5.91 Å². The van der Waals surface area contributed by atoms with E-state index in [2.05, 4.69) is 9.88 Å². The number of aromatic nitrogens is 1. The molecule has 1 aliphatic rings. The summed E-state index contributed by atoms with van der Waals surface area (Å²) >= 11 is 5.97. The summed E-state index contributed by atoms with van der Waals surface area (Å²) in [5, 5.41) is 10.1. The summed E-state index contributed by atoms with van der Waals surface area (Å²) in [7, 11) is 0. The minimum Gasteiger partial charge on any atom is -0.394 e. The highest BCUT2D eigenvalue weighted by atomic mass is 35.5. The Balaban J connectivity index is 1.60. The van der Waals surface area contributed by atoms with Crippen LogP contribution in [-0.4, -0.2) is 72.0 Å². The lowest BCUT2D eigenvalue weighted by Gasteiger charge is -2.26. The van der Waals surface area contributed by atoms with Crippen molar-refractivity contribution in [1.29, 1.82) is 0 Å². The van der Waals surface area contributed by atoms with E-state index in [1.54, 1.807) is 12.1 Å². The number of nitrogens with one attached hydrogen (secondary N) is 1. The van der Waals surface area contributed by atoms with Crippen LogP contribution in [0.2, 0.25) is 5.02 Å². The van der Waals surface area contributed by atoms with Crippen LogP contribution in [-0.2, 0) is 22.6 Å². The van der Waals surface area contributed by atoms with Crippen LogP contribution in [0.15, 0.2) is 53.5 Å². The lowest BCUT2D eigenvalue weighted by molar-refractivity contribution is 0.00933. The summed E-state index contributed by atoms with van der Waals surface area (Å²) < 4.78 is 10.8. The Morgan fingerprint density at radius 2 is 1.88 bits per heavy atom. The maximum atomic E-state index is 13.4. The Morgan fingerprint density at radius 1 is 1.15 bits per heavy atom. The summed E-state index contributed by atoms with van der Waals surface area (Å²) in [5.41, 5.74) is 2.24. The predicted molar refractivity (Wildman–Crippen MR) is 130 cm³/mol. The first-order chi connectivity index (χ1) is 16.5. The Hall–Kier alpha value is -2.75. The number of halogens is 1. The number of amides is 1. The number of carbonyl (C=O) groups excluding carboxylic acids is 1. The summed E-state index contributed by atoms with van der Waals surface area (Å²) in [6, 6.07) is 12.8. The van der Waals surface area contributed by atoms with Crippen molar-refractivity contribution < 1.29 is 19.4 Å². The zero-order valence-electron chi connectivity index (χ0n) is 18.8. The second-order valence-electron chi connectivity index (χ2n) is 8.19. The Bertz CT molecular complexity index is 1180. The molecule has 0 radical (unpaired) electrons. The Kier molecular flexibility index (Phi) is 8.31. The molecule has 0 unspecified atom stereocenters. The van der Waals surface area contributed by atoms with Crippen molar-refractivity contribution in [3.8, 4) is 0 Å². The zero-order valence-corrected chi connectivity index (χ0v) is 19.6. The smallest absolute Gasteiger partial charge is 0.261 e. The van der Waals surface area contributed by atoms with E-state index in [0.29, 0.717) is 35.7 Å². The minimum atomic E-state index is -0.449. The fourth-order valence-electron chi connectivity index (χ4n) is 3.94. The molecule has 1 aromatic heterocycles. The monoisotopic (exact) mass is 485 g/mol. The molecular weight excluding hydrogens is 458 g/mol. The summed E-state index contributed by atoms with van der Waals surface area (Å²) in [4.78, 5) is 33.5. The summed E-state index contributed by atoms with van der Waals surface area (Å²) in [5.74, 6) is -0.449. The van der Waals surface area contributed by atoms with Gasteiger partial charge in [-0.05, 0) is 35.4 Å². The molecule has 1 fully saturated rings. The lowest BCUT2D eigenvalue weighted by Crippen LogP contribution is -2.36. The van der Waals surface area contributed by atoms with E-state index in [4.69, 9.17) is 26.2 Å². The molecule has 4 rings (SSSR count). The molecule has 1 aliphatic heterocycles. The molecule has 1 saturated heterocycles. The number of nitrogens with zero attached hydrogens (tertiary/aromatic N) is 2. The molecule has 2 N–H and O–H groups in total. The number of hydrogen-bond donors (Lipinski definition) is 2. The van der Waals surface area contributed by atoms with Crippen molar-refractivity contribution in [2.75, 3.05) is 46.2 Å². The number of aliphatic hydroxyl groups is 1. The maximum absolute atomic E-state index is 13.4. The number of aliphatic hydroxyl groups excluding tert-OH is 1. The SMILES string of the molecule is O=C(c1c[nH]c2ccc(CN3CCOCC3)cc2c1=O)N(COCCO)Cc1ccc(Cl)cc1. The quantitative estimate of drug-likeness (QED) is 0.357. The van der Waals surface area contributed by atoms with Crippen molar-refractivity contribution >= 4 is 28.4 Å². The number of hydrogen-bond acceptors (Lipinski definition) is 6. The number of H-pyrrole nitrogens is 1. The third kappa shape index (κ3) is 6.02. The number of morpholine rings is 1. The average molecular weight is 486 g/mol. The molecule has 0 bridgehead atoms. The summed E-state index contributed by atoms with van der Waals surface area (Å²) in [6.07, 6.45) is 1.45. The second kappa shape index (κ2) is 11.6. The second-order valence-corrected chi connectivity index (χ2v) is 8.63. The van der Waals surface area contributed by atoms with Crippen LogP contribution in [0, 0.1) is 0 Å². The van der Waals surface area contributed by atoms with E-state index in [9.17, 15) is 9.59 Å². The van der Waals surface area contributed by atoms with Crippen LogP contribution in [0.3, 0.4) is 0 Å². The maximum Gasteiger partial charge on any atom is 0.261 e. The molecule has 8 nitrogen and oxygen atoms in total. The van der Waals surface area contributed by atoms with Crippen LogP contribution in [0.5, 0.6) is 0 Å². The van der Waals surface area contributed by atoms with Crippen molar-refractivity contribution in [2.45, 2.75) is 13.1 Å². The van der Waals surface area contributed by atoms with Gasteiger partial charge in [-0.25, -0.2) is 0 Å². The number of fused-ring (bicyclic) bond motifs is 1. The van der Waals surface area contributed by atoms with Crippen molar-refractivity contribution in [2.24, 2.45) is 0 Å². The number of benzene rings is 2. The molecule has 34 heavy (non-hydrogen) atoms. The zero-order chi connectivity index (χ0) is 23.9. The third-order valence-corrected chi connectivity index (χ3v) is 5.99. The number of rotatable bonds is 9. The molecule has 0 atom stereocenters. The van der Waals surface area contributed by atoms with Gasteiger partial charge < -0.3 is 24.5 Å². The van der Waals surface area contributed by atoms with Gasteiger partial charge in [0.15, 0.2) is 0 Å². The van der Waals surface area contributed by atoms with Gasteiger partial charge in [-0.3, -0.25) is 14.5 Å². The largest absolute Gasteiger partial charge is 0.394 e.